The van der Waals surface area contributed by atoms with Crippen molar-refractivity contribution in [3.8, 4) is 0 Å². The van der Waals surface area contributed by atoms with Gasteiger partial charge < -0.3 is 0 Å². The molecule has 2 saturated carbocycles. The zero-order chi connectivity index (χ0) is 8.40. The van der Waals surface area contributed by atoms with Crippen molar-refractivity contribution < 1.29 is 4.79 Å². The molecule has 0 heterocycles. The number of ketones is 1. The molecule has 64 valence electrons. The summed E-state index contributed by atoms with van der Waals surface area (Å²) >= 11 is 0. The summed E-state index contributed by atoms with van der Waals surface area (Å²) in [7, 11) is 0. The van der Waals surface area contributed by atoms with Crippen LogP contribution in [0.15, 0.2) is 12.2 Å². The van der Waals surface area contributed by atoms with Gasteiger partial charge in [-0.25, -0.2) is 0 Å². The minimum atomic E-state index is 0.336. The molecule has 0 aromatic carbocycles. The largest absolute Gasteiger partial charge is 0.295 e. The van der Waals surface area contributed by atoms with E-state index in [1.807, 2.05) is 6.08 Å². The number of carbonyl (C=O) groups excluding carboxylic acids is 1. The molecule has 1 nitrogen and oxygen atoms in total. The summed E-state index contributed by atoms with van der Waals surface area (Å²) in [4.78, 5) is 11.5. The van der Waals surface area contributed by atoms with Gasteiger partial charge in [0.15, 0.2) is 5.78 Å². The fourth-order valence-electron chi connectivity index (χ4n) is 3.77. The van der Waals surface area contributed by atoms with Gasteiger partial charge in [0.05, 0.1) is 0 Å². The van der Waals surface area contributed by atoms with E-state index in [4.69, 9.17) is 0 Å². The molecule has 2 unspecified atom stereocenters. The molecule has 0 amide bonds. The van der Waals surface area contributed by atoms with Crippen LogP contribution in [0.5, 0.6) is 0 Å². The van der Waals surface area contributed by atoms with E-state index in [0.29, 0.717) is 22.5 Å². The Labute approximate surface area is 72.8 Å². The predicted octanol–water partition coefficient (Wildman–Crippen LogP) is 2.32. The first-order valence-electron chi connectivity index (χ1n) is 4.94. The van der Waals surface area contributed by atoms with Crippen LogP contribution in [-0.2, 0) is 4.79 Å². The second-order valence-corrected chi connectivity index (χ2v) is 4.83. The van der Waals surface area contributed by atoms with Gasteiger partial charge in [0.1, 0.15) is 0 Å². The molecule has 3 aliphatic rings. The second-order valence-electron chi connectivity index (χ2n) is 4.83. The fourth-order valence-corrected chi connectivity index (χ4v) is 3.77. The standard InChI is InChI=1S/C11H14O/c1-10-5-2-3-6-11(10)7-4-8(12)9(10)11/h4,7,9H,2-3,5-6H2,1H3/t9?,10-,11?/m1/s1. The van der Waals surface area contributed by atoms with Crippen LogP contribution in [0.1, 0.15) is 32.6 Å². The Kier molecular flexibility index (Phi) is 0.964. The van der Waals surface area contributed by atoms with E-state index in [2.05, 4.69) is 13.0 Å². The summed E-state index contributed by atoms with van der Waals surface area (Å²) in [6.07, 6.45) is 9.21. The van der Waals surface area contributed by atoms with Crippen LogP contribution in [-0.4, -0.2) is 5.78 Å². The van der Waals surface area contributed by atoms with Crippen LogP contribution in [0.4, 0.5) is 0 Å². The van der Waals surface area contributed by atoms with E-state index in [9.17, 15) is 4.79 Å². The van der Waals surface area contributed by atoms with E-state index >= 15 is 0 Å². The van der Waals surface area contributed by atoms with Crippen molar-refractivity contribution in [2.24, 2.45) is 16.7 Å². The third-order valence-electron chi connectivity index (χ3n) is 4.50. The summed E-state index contributed by atoms with van der Waals surface area (Å²) in [5.41, 5.74) is 0.708. The lowest BCUT2D eigenvalue weighted by atomic mass is 9.80. The Bertz CT molecular complexity index is 291. The molecule has 0 radical (unpaired) electrons. The van der Waals surface area contributed by atoms with Gasteiger partial charge in [0, 0.05) is 11.3 Å². The van der Waals surface area contributed by atoms with E-state index in [0.717, 1.165) is 0 Å². The van der Waals surface area contributed by atoms with Gasteiger partial charge in [-0.05, 0) is 24.3 Å². The second kappa shape index (κ2) is 1.68. The van der Waals surface area contributed by atoms with Crippen molar-refractivity contribution in [2.75, 3.05) is 0 Å². The molecule has 0 aromatic rings. The van der Waals surface area contributed by atoms with Gasteiger partial charge in [0.2, 0.25) is 0 Å². The topological polar surface area (TPSA) is 17.1 Å². The van der Waals surface area contributed by atoms with E-state index in [1.165, 1.54) is 25.7 Å². The summed E-state index contributed by atoms with van der Waals surface area (Å²) in [5.74, 6) is 0.784. The van der Waals surface area contributed by atoms with Crippen molar-refractivity contribution in [3.63, 3.8) is 0 Å². The zero-order valence-corrected chi connectivity index (χ0v) is 7.47. The van der Waals surface area contributed by atoms with Gasteiger partial charge in [0.25, 0.3) is 0 Å². The Morgan fingerprint density at radius 2 is 2.17 bits per heavy atom. The smallest absolute Gasteiger partial charge is 0.159 e. The van der Waals surface area contributed by atoms with Crippen molar-refractivity contribution in [2.45, 2.75) is 32.6 Å². The van der Waals surface area contributed by atoms with Gasteiger partial charge in [-0.3, -0.25) is 4.79 Å². The summed E-state index contributed by atoms with van der Waals surface area (Å²) in [6.45, 7) is 2.30. The molecule has 3 atom stereocenters. The number of hydrogen-bond acceptors (Lipinski definition) is 1. The molecule has 0 bridgehead atoms. The monoisotopic (exact) mass is 162 g/mol. The molecular weight excluding hydrogens is 148 g/mol. The van der Waals surface area contributed by atoms with Crippen molar-refractivity contribution >= 4 is 5.78 Å². The number of carbonyl (C=O) groups is 1. The first-order valence-corrected chi connectivity index (χ1v) is 4.94. The van der Waals surface area contributed by atoms with Crippen LogP contribution in [0.3, 0.4) is 0 Å². The first-order chi connectivity index (χ1) is 5.71. The summed E-state index contributed by atoms with van der Waals surface area (Å²) in [5, 5.41) is 0. The molecule has 0 N–H and O–H groups in total. The van der Waals surface area contributed by atoms with E-state index < -0.39 is 0 Å². The Morgan fingerprint density at radius 1 is 1.42 bits per heavy atom. The highest BCUT2D eigenvalue weighted by molar-refractivity contribution is 6.00. The molecule has 2 fully saturated rings. The number of rotatable bonds is 0. The zero-order valence-electron chi connectivity index (χ0n) is 7.47. The highest BCUT2D eigenvalue weighted by Crippen LogP contribution is 2.78. The van der Waals surface area contributed by atoms with Gasteiger partial charge in [-0.1, -0.05) is 25.8 Å². The number of allylic oxidation sites excluding steroid dienone is 2. The van der Waals surface area contributed by atoms with Crippen molar-refractivity contribution in [1.29, 1.82) is 0 Å². The molecule has 3 rings (SSSR count). The predicted molar refractivity (Wildman–Crippen MR) is 46.6 cm³/mol. The van der Waals surface area contributed by atoms with E-state index in [-0.39, 0.29) is 0 Å². The quantitative estimate of drug-likeness (QED) is 0.534. The van der Waals surface area contributed by atoms with Crippen LogP contribution in [0, 0.1) is 16.7 Å². The average molecular weight is 162 g/mol. The Hall–Kier alpha value is -0.590. The van der Waals surface area contributed by atoms with Gasteiger partial charge >= 0.3 is 0 Å². The Balaban J connectivity index is 2.07. The molecule has 0 aliphatic heterocycles. The number of fused-ring (bicyclic) bond motifs is 1. The van der Waals surface area contributed by atoms with Gasteiger partial charge in [-0.15, -0.1) is 0 Å². The lowest BCUT2D eigenvalue weighted by molar-refractivity contribution is -0.116. The highest BCUT2D eigenvalue weighted by atomic mass is 16.1. The minimum Gasteiger partial charge on any atom is -0.295 e. The summed E-state index contributed by atoms with van der Waals surface area (Å²) in [6, 6.07) is 0. The molecule has 3 aliphatic carbocycles. The molecule has 0 saturated heterocycles. The maximum absolute atomic E-state index is 11.5. The minimum absolute atomic E-state index is 0.336. The third-order valence-corrected chi connectivity index (χ3v) is 4.50. The Morgan fingerprint density at radius 3 is 2.92 bits per heavy atom. The van der Waals surface area contributed by atoms with Crippen molar-refractivity contribution in [3.05, 3.63) is 12.2 Å². The SMILES string of the molecule is C[C@]12CCCCC13C=CC(=O)C32. The molecule has 1 heteroatoms. The molecule has 1 spiro atoms. The van der Waals surface area contributed by atoms with Crippen LogP contribution in [0.2, 0.25) is 0 Å². The van der Waals surface area contributed by atoms with Gasteiger partial charge in [-0.2, -0.15) is 0 Å². The molecular formula is C11H14O. The number of hydrogen-bond donors (Lipinski definition) is 0. The summed E-state index contributed by atoms with van der Waals surface area (Å²) < 4.78 is 0. The molecule has 0 aromatic heterocycles. The third kappa shape index (κ3) is 0.476. The first kappa shape index (κ1) is 6.88. The maximum Gasteiger partial charge on any atom is 0.159 e. The van der Waals surface area contributed by atoms with Crippen molar-refractivity contribution in [1.82, 2.24) is 0 Å². The normalized spacial score (nSPS) is 55.1. The average Bonchev–Trinajstić information content (AvgIpc) is 2.44. The van der Waals surface area contributed by atoms with Crippen LogP contribution < -0.4 is 0 Å². The van der Waals surface area contributed by atoms with Crippen LogP contribution >= 0.6 is 0 Å². The fraction of sp³-hybridized carbons (Fsp3) is 0.727. The lowest BCUT2D eigenvalue weighted by Crippen LogP contribution is -2.14. The maximum atomic E-state index is 11.5. The van der Waals surface area contributed by atoms with E-state index in [1.54, 1.807) is 0 Å². The molecule has 12 heavy (non-hydrogen) atoms. The highest BCUT2D eigenvalue weighted by Gasteiger charge is 2.76. The van der Waals surface area contributed by atoms with Crippen LogP contribution in [0.25, 0.3) is 0 Å². The lowest BCUT2D eigenvalue weighted by Gasteiger charge is -2.24.